The highest BCUT2D eigenvalue weighted by molar-refractivity contribution is 5.20. The number of nitrogens with two attached hydrogens (primary N) is 1. The van der Waals surface area contributed by atoms with Crippen molar-refractivity contribution >= 4 is 0 Å². The normalized spacial score (nSPS) is 26.6. The van der Waals surface area contributed by atoms with E-state index in [-0.39, 0.29) is 12.0 Å². The molecule has 0 spiro atoms. The summed E-state index contributed by atoms with van der Waals surface area (Å²) in [5.41, 5.74) is 5.91. The van der Waals surface area contributed by atoms with E-state index in [1.807, 2.05) is 30.3 Å². The van der Waals surface area contributed by atoms with Gasteiger partial charge in [-0.2, -0.15) is 0 Å². The van der Waals surface area contributed by atoms with Crippen LogP contribution in [0.25, 0.3) is 0 Å². The fourth-order valence-electron chi connectivity index (χ4n) is 1.92. The van der Waals surface area contributed by atoms with Crippen LogP contribution >= 0.6 is 0 Å². The van der Waals surface area contributed by atoms with Crippen LogP contribution < -0.4 is 15.8 Å². The van der Waals surface area contributed by atoms with Crippen LogP contribution in [0, 0.1) is 5.92 Å². The van der Waals surface area contributed by atoms with Crippen LogP contribution in [-0.4, -0.2) is 31.9 Å². The van der Waals surface area contributed by atoms with Crippen molar-refractivity contribution in [3.05, 3.63) is 30.3 Å². The number of alkyl halides is 1. The van der Waals surface area contributed by atoms with E-state index >= 15 is 0 Å². The van der Waals surface area contributed by atoms with Crippen molar-refractivity contribution in [1.29, 1.82) is 0 Å². The first-order chi connectivity index (χ1) is 7.77. The van der Waals surface area contributed by atoms with E-state index in [1.54, 1.807) is 0 Å². The van der Waals surface area contributed by atoms with E-state index in [9.17, 15) is 4.39 Å². The lowest BCUT2D eigenvalue weighted by molar-refractivity contribution is 0.196. The lowest BCUT2D eigenvalue weighted by Gasteiger charge is -2.20. The average Bonchev–Trinajstić information content (AvgIpc) is 2.74. The van der Waals surface area contributed by atoms with Gasteiger partial charge in [0.2, 0.25) is 0 Å². The molecule has 1 heterocycles. The summed E-state index contributed by atoms with van der Waals surface area (Å²) in [5.74, 6) is 0.642. The number of para-hydroxylation sites is 1. The standard InChI is InChI=1S/C12H17FN2O/c13-11-7-15-6-10(11)12(14)8-16-9-4-2-1-3-5-9/h1-5,10-12,15H,6-8,14H2/t10-,11+,12+/m0/s1. The highest BCUT2D eigenvalue weighted by Crippen LogP contribution is 2.17. The van der Waals surface area contributed by atoms with E-state index in [2.05, 4.69) is 5.32 Å². The Kier molecular flexibility index (Phi) is 3.74. The van der Waals surface area contributed by atoms with Crippen molar-refractivity contribution in [2.45, 2.75) is 12.2 Å². The largest absolute Gasteiger partial charge is 0.492 e. The molecule has 3 N–H and O–H groups in total. The fourth-order valence-corrected chi connectivity index (χ4v) is 1.92. The molecule has 0 bridgehead atoms. The molecule has 3 nitrogen and oxygen atoms in total. The zero-order chi connectivity index (χ0) is 11.4. The lowest BCUT2D eigenvalue weighted by Crippen LogP contribution is -2.40. The summed E-state index contributed by atoms with van der Waals surface area (Å²) in [4.78, 5) is 0. The summed E-state index contributed by atoms with van der Waals surface area (Å²) < 4.78 is 18.9. The Morgan fingerprint density at radius 3 is 2.75 bits per heavy atom. The number of hydrogen-bond acceptors (Lipinski definition) is 3. The zero-order valence-electron chi connectivity index (χ0n) is 9.10. The smallest absolute Gasteiger partial charge is 0.119 e. The summed E-state index contributed by atoms with van der Waals surface area (Å²) >= 11 is 0. The van der Waals surface area contributed by atoms with Crippen molar-refractivity contribution in [3.8, 4) is 5.75 Å². The van der Waals surface area contributed by atoms with Gasteiger partial charge in [0.25, 0.3) is 0 Å². The lowest BCUT2D eigenvalue weighted by atomic mass is 9.99. The summed E-state index contributed by atoms with van der Waals surface area (Å²) in [6, 6.07) is 9.20. The van der Waals surface area contributed by atoms with E-state index in [4.69, 9.17) is 10.5 Å². The number of halogens is 1. The third kappa shape index (κ3) is 2.71. The molecular formula is C12H17FN2O. The van der Waals surface area contributed by atoms with Crippen LogP contribution in [0.4, 0.5) is 4.39 Å². The molecule has 1 aromatic rings. The van der Waals surface area contributed by atoms with Crippen molar-refractivity contribution in [2.75, 3.05) is 19.7 Å². The molecule has 0 aliphatic carbocycles. The number of nitrogens with one attached hydrogen (secondary N) is 1. The van der Waals surface area contributed by atoms with Crippen molar-refractivity contribution in [3.63, 3.8) is 0 Å². The molecule has 1 saturated heterocycles. The van der Waals surface area contributed by atoms with Gasteiger partial charge in [0.05, 0.1) is 0 Å². The molecule has 0 unspecified atom stereocenters. The molecule has 1 aliphatic heterocycles. The Labute approximate surface area is 94.8 Å². The second-order valence-electron chi connectivity index (χ2n) is 4.13. The van der Waals surface area contributed by atoms with Crippen LogP contribution in [0.5, 0.6) is 5.75 Å². The first-order valence-corrected chi connectivity index (χ1v) is 5.55. The Hall–Kier alpha value is -1.13. The predicted molar refractivity (Wildman–Crippen MR) is 61.2 cm³/mol. The molecule has 1 fully saturated rings. The van der Waals surface area contributed by atoms with Gasteiger partial charge in [-0.15, -0.1) is 0 Å². The molecule has 2 rings (SSSR count). The molecule has 0 radical (unpaired) electrons. The van der Waals surface area contributed by atoms with Crippen LogP contribution in [0.3, 0.4) is 0 Å². The third-order valence-electron chi connectivity index (χ3n) is 2.92. The number of ether oxygens (including phenoxy) is 1. The molecule has 3 atom stereocenters. The van der Waals surface area contributed by atoms with E-state index in [0.717, 1.165) is 5.75 Å². The number of rotatable bonds is 4. The van der Waals surface area contributed by atoms with Gasteiger partial charge >= 0.3 is 0 Å². The third-order valence-corrected chi connectivity index (χ3v) is 2.92. The molecular weight excluding hydrogens is 207 g/mol. The number of benzene rings is 1. The van der Waals surface area contributed by atoms with Crippen LogP contribution in [0.2, 0.25) is 0 Å². The summed E-state index contributed by atoms with van der Waals surface area (Å²) in [6.45, 7) is 1.40. The van der Waals surface area contributed by atoms with Crippen molar-refractivity contribution in [1.82, 2.24) is 5.32 Å². The first kappa shape index (κ1) is 11.4. The van der Waals surface area contributed by atoms with Crippen molar-refractivity contribution in [2.24, 2.45) is 11.7 Å². The van der Waals surface area contributed by atoms with Gasteiger partial charge in [-0.25, -0.2) is 4.39 Å². The fraction of sp³-hybridized carbons (Fsp3) is 0.500. The van der Waals surface area contributed by atoms with Gasteiger partial charge in [0, 0.05) is 25.0 Å². The minimum absolute atomic E-state index is 0.135. The van der Waals surface area contributed by atoms with Gasteiger partial charge in [0.1, 0.15) is 18.5 Å². The maximum absolute atomic E-state index is 13.4. The molecule has 0 saturated carbocycles. The molecule has 4 heteroatoms. The van der Waals surface area contributed by atoms with E-state index < -0.39 is 6.17 Å². The summed E-state index contributed by atoms with van der Waals surface area (Å²) in [7, 11) is 0. The Balaban J connectivity index is 1.81. The average molecular weight is 224 g/mol. The van der Waals surface area contributed by atoms with E-state index in [0.29, 0.717) is 19.7 Å². The SMILES string of the molecule is N[C@H](COc1ccccc1)[C@H]1CNC[C@H]1F. The van der Waals surface area contributed by atoms with Gasteiger partial charge in [0.15, 0.2) is 0 Å². The Bertz CT molecular complexity index is 320. The highest BCUT2D eigenvalue weighted by atomic mass is 19.1. The molecule has 88 valence electrons. The van der Waals surface area contributed by atoms with E-state index in [1.165, 1.54) is 0 Å². The van der Waals surface area contributed by atoms with Crippen LogP contribution in [0.1, 0.15) is 0 Å². The number of hydrogen-bond donors (Lipinski definition) is 2. The first-order valence-electron chi connectivity index (χ1n) is 5.55. The van der Waals surface area contributed by atoms with Gasteiger partial charge in [-0.05, 0) is 12.1 Å². The van der Waals surface area contributed by atoms with Crippen LogP contribution in [0.15, 0.2) is 30.3 Å². The molecule has 1 aliphatic rings. The van der Waals surface area contributed by atoms with Gasteiger partial charge in [-0.1, -0.05) is 18.2 Å². The highest BCUT2D eigenvalue weighted by Gasteiger charge is 2.32. The van der Waals surface area contributed by atoms with Gasteiger partial charge in [-0.3, -0.25) is 0 Å². The van der Waals surface area contributed by atoms with Gasteiger partial charge < -0.3 is 15.8 Å². The topological polar surface area (TPSA) is 47.3 Å². The van der Waals surface area contributed by atoms with Crippen LogP contribution in [-0.2, 0) is 0 Å². The second kappa shape index (κ2) is 5.27. The monoisotopic (exact) mass is 224 g/mol. The predicted octanol–water partition coefficient (Wildman–Crippen LogP) is 0.950. The maximum atomic E-state index is 13.4. The molecule has 1 aromatic carbocycles. The molecule has 0 amide bonds. The second-order valence-corrected chi connectivity index (χ2v) is 4.13. The zero-order valence-corrected chi connectivity index (χ0v) is 9.10. The molecule has 16 heavy (non-hydrogen) atoms. The Morgan fingerprint density at radius 2 is 2.12 bits per heavy atom. The summed E-state index contributed by atoms with van der Waals surface area (Å²) in [5, 5.41) is 2.99. The minimum Gasteiger partial charge on any atom is -0.492 e. The summed E-state index contributed by atoms with van der Waals surface area (Å²) in [6.07, 6.45) is -0.852. The maximum Gasteiger partial charge on any atom is 0.119 e. The quantitative estimate of drug-likeness (QED) is 0.800. The Morgan fingerprint density at radius 1 is 1.38 bits per heavy atom. The van der Waals surface area contributed by atoms with Crippen molar-refractivity contribution < 1.29 is 9.13 Å². The molecule has 0 aromatic heterocycles. The minimum atomic E-state index is -0.852.